The van der Waals surface area contributed by atoms with E-state index in [0.717, 1.165) is 16.3 Å². The van der Waals surface area contributed by atoms with Crippen molar-refractivity contribution in [1.29, 1.82) is 0 Å². The first-order valence-corrected chi connectivity index (χ1v) is 10.1. The van der Waals surface area contributed by atoms with E-state index in [-0.39, 0.29) is 18.4 Å². The van der Waals surface area contributed by atoms with Crippen molar-refractivity contribution < 1.29 is 14.3 Å². The zero-order valence-corrected chi connectivity index (χ0v) is 16.4. The first kappa shape index (κ1) is 18.4. The maximum atomic E-state index is 12.8. The van der Waals surface area contributed by atoms with Crippen LogP contribution in [0.3, 0.4) is 0 Å². The number of carbonyl (C=O) groups excluding carboxylic acids is 2. The summed E-state index contributed by atoms with van der Waals surface area (Å²) >= 11 is 7.61. The molecular formula is C19H20ClN3O3S. The molecule has 2 atom stereocenters. The Labute approximate surface area is 166 Å². The van der Waals surface area contributed by atoms with Crippen molar-refractivity contribution in [2.75, 3.05) is 13.7 Å². The van der Waals surface area contributed by atoms with Crippen molar-refractivity contribution in [3.8, 4) is 0 Å². The number of ether oxygens (including phenoxy) is 1. The predicted molar refractivity (Wildman–Crippen MR) is 103 cm³/mol. The number of nitrogens with zero attached hydrogens (tertiary/aromatic N) is 2. The summed E-state index contributed by atoms with van der Waals surface area (Å²) in [4.78, 5) is 31.0. The molecule has 1 N–H and O–H groups in total. The van der Waals surface area contributed by atoms with Crippen LogP contribution in [0, 0.1) is 0 Å². The van der Waals surface area contributed by atoms with Crippen LogP contribution in [0.25, 0.3) is 0 Å². The molecule has 1 aromatic carbocycles. The standard InChI is InChI=1S/C19H20ClN3O3S/c1-23-15(24)9-26-17(16(23)11-4-6-13(20)7-5-11)18(25)21-8-14-10-27-19(22-14)12-2-3-12/h4-7,10,12,16-17H,2-3,8-9H2,1H3,(H,21,25). The average molecular weight is 406 g/mol. The van der Waals surface area contributed by atoms with E-state index in [9.17, 15) is 9.59 Å². The van der Waals surface area contributed by atoms with Gasteiger partial charge in [-0.2, -0.15) is 0 Å². The predicted octanol–water partition coefficient (Wildman–Crippen LogP) is 2.89. The highest BCUT2D eigenvalue weighted by molar-refractivity contribution is 7.09. The van der Waals surface area contributed by atoms with Gasteiger partial charge < -0.3 is 15.0 Å². The number of carbonyl (C=O) groups is 2. The molecule has 1 aromatic heterocycles. The summed E-state index contributed by atoms with van der Waals surface area (Å²) < 4.78 is 5.61. The molecule has 2 amide bonds. The molecule has 1 saturated heterocycles. The van der Waals surface area contributed by atoms with Crippen molar-refractivity contribution in [2.45, 2.75) is 37.5 Å². The van der Waals surface area contributed by atoms with Crippen LogP contribution in [-0.4, -0.2) is 41.5 Å². The van der Waals surface area contributed by atoms with Crippen LogP contribution < -0.4 is 5.32 Å². The number of morpholine rings is 1. The molecule has 1 saturated carbocycles. The van der Waals surface area contributed by atoms with E-state index in [1.165, 1.54) is 12.8 Å². The summed E-state index contributed by atoms with van der Waals surface area (Å²) in [5.41, 5.74) is 1.67. The number of hydrogen-bond donors (Lipinski definition) is 1. The molecule has 0 spiro atoms. The van der Waals surface area contributed by atoms with E-state index in [1.54, 1.807) is 35.4 Å². The van der Waals surface area contributed by atoms with Gasteiger partial charge in [-0.05, 0) is 30.5 Å². The molecular weight excluding hydrogens is 386 g/mol. The minimum Gasteiger partial charge on any atom is -0.356 e. The number of halogens is 1. The number of aromatic nitrogens is 1. The highest BCUT2D eigenvalue weighted by Crippen LogP contribution is 2.41. The van der Waals surface area contributed by atoms with Crippen molar-refractivity contribution >= 4 is 34.8 Å². The van der Waals surface area contributed by atoms with Crippen LogP contribution in [0.1, 0.15) is 41.1 Å². The van der Waals surface area contributed by atoms with Gasteiger partial charge in [0, 0.05) is 23.4 Å². The van der Waals surface area contributed by atoms with Crippen LogP contribution in [0.5, 0.6) is 0 Å². The summed E-state index contributed by atoms with van der Waals surface area (Å²) in [6, 6.07) is 6.62. The Morgan fingerprint density at radius 2 is 2.11 bits per heavy atom. The Morgan fingerprint density at radius 1 is 1.37 bits per heavy atom. The van der Waals surface area contributed by atoms with Gasteiger partial charge in [0.05, 0.1) is 23.3 Å². The van der Waals surface area contributed by atoms with Crippen LogP contribution in [0.15, 0.2) is 29.6 Å². The van der Waals surface area contributed by atoms with Crippen molar-refractivity contribution in [1.82, 2.24) is 15.2 Å². The van der Waals surface area contributed by atoms with Gasteiger partial charge in [0.1, 0.15) is 6.61 Å². The second-order valence-corrected chi connectivity index (χ2v) is 8.23. The van der Waals surface area contributed by atoms with Gasteiger partial charge in [0.2, 0.25) is 5.91 Å². The molecule has 0 radical (unpaired) electrons. The monoisotopic (exact) mass is 405 g/mol. The number of rotatable bonds is 5. The molecule has 4 rings (SSSR count). The lowest BCUT2D eigenvalue weighted by molar-refractivity contribution is -0.162. The van der Waals surface area contributed by atoms with Gasteiger partial charge in [0.15, 0.2) is 6.10 Å². The third-order valence-electron chi connectivity index (χ3n) is 4.89. The van der Waals surface area contributed by atoms with Crippen LogP contribution in [0.2, 0.25) is 5.02 Å². The molecule has 27 heavy (non-hydrogen) atoms. The maximum absolute atomic E-state index is 12.8. The first-order chi connectivity index (χ1) is 13.0. The van der Waals surface area contributed by atoms with Gasteiger partial charge in [-0.1, -0.05) is 23.7 Å². The third kappa shape index (κ3) is 4.00. The fourth-order valence-corrected chi connectivity index (χ4v) is 4.31. The highest BCUT2D eigenvalue weighted by atomic mass is 35.5. The van der Waals surface area contributed by atoms with E-state index in [0.29, 0.717) is 17.5 Å². The Balaban J connectivity index is 1.47. The Hall–Kier alpha value is -1.96. The molecule has 2 fully saturated rings. The van der Waals surface area contributed by atoms with E-state index in [2.05, 4.69) is 10.3 Å². The fraction of sp³-hybridized carbons (Fsp3) is 0.421. The lowest BCUT2D eigenvalue weighted by Crippen LogP contribution is -2.52. The topological polar surface area (TPSA) is 71.5 Å². The summed E-state index contributed by atoms with van der Waals surface area (Å²) in [5, 5.41) is 6.64. The second-order valence-electron chi connectivity index (χ2n) is 6.90. The number of amides is 2. The Bertz CT molecular complexity index is 850. The summed E-state index contributed by atoms with van der Waals surface area (Å²) in [7, 11) is 1.69. The fourth-order valence-electron chi connectivity index (χ4n) is 3.19. The largest absolute Gasteiger partial charge is 0.356 e. The molecule has 2 aromatic rings. The van der Waals surface area contributed by atoms with Gasteiger partial charge >= 0.3 is 0 Å². The van der Waals surface area contributed by atoms with Crippen molar-refractivity contribution in [2.24, 2.45) is 0 Å². The molecule has 6 nitrogen and oxygen atoms in total. The smallest absolute Gasteiger partial charge is 0.252 e. The maximum Gasteiger partial charge on any atom is 0.252 e. The van der Waals surface area contributed by atoms with Gasteiger partial charge in [0.25, 0.3) is 5.91 Å². The summed E-state index contributed by atoms with van der Waals surface area (Å²) in [6.45, 7) is 0.244. The minimum atomic E-state index is -0.782. The Kier molecular flexibility index (Phi) is 5.16. The Morgan fingerprint density at radius 3 is 2.81 bits per heavy atom. The quantitative estimate of drug-likeness (QED) is 0.830. The second kappa shape index (κ2) is 7.58. The third-order valence-corrected chi connectivity index (χ3v) is 6.20. The number of benzene rings is 1. The van der Waals surface area contributed by atoms with E-state index in [1.807, 2.05) is 17.5 Å². The van der Waals surface area contributed by atoms with E-state index < -0.39 is 12.1 Å². The lowest BCUT2D eigenvalue weighted by atomic mass is 9.97. The van der Waals surface area contributed by atoms with E-state index >= 15 is 0 Å². The van der Waals surface area contributed by atoms with Gasteiger partial charge in [-0.3, -0.25) is 9.59 Å². The highest BCUT2D eigenvalue weighted by Gasteiger charge is 2.40. The number of thiazole rings is 1. The molecule has 2 aliphatic rings. The molecule has 0 bridgehead atoms. The number of nitrogens with one attached hydrogen (secondary N) is 1. The molecule has 2 unspecified atom stereocenters. The zero-order chi connectivity index (χ0) is 19.0. The molecule has 8 heteroatoms. The van der Waals surface area contributed by atoms with Crippen LogP contribution in [0.4, 0.5) is 0 Å². The molecule has 2 heterocycles. The summed E-state index contributed by atoms with van der Waals surface area (Å²) in [6.07, 6.45) is 1.63. The van der Waals surface area contributed by atoms with Crippen LogP contribution >= 0.6 is 22.9 Å². The molecule has 142 valence electrons. The lowest BCUT2D eigenvalue weighted by Gasteiger charge is -2.38. The minimum absolute atomic E-state index is 0.110. The molecule has 1 aliphatic carbocycles. The van der Waals surface area contributed by atoms with Crippen molar-refractivity contribution in [3.63, 3.8) is 0 Å². The van der Waals surface area contributed by atoms with Crippen LogP contribution in [-0.2, 0) is 20.9 Å². The van der Waals surface area contributed by atoms with Crippen molar-refractivity contribution in [3.05, 3.63) is 50.9 Å². The average Bonchev–Trinajstić information content (AvgIpc) is 3.41. The molecule has 1 aliphatic heterocycles. The van der Waals surface area contributed by atoms with Gasteiger partial charge in [-0.15, -0.1) is 11.3 Å². The number of likely N-dealkylation sites (N-methyl/N-ethyl adjacent to an activating group) is 1. The normalized spacial score (nSPS) is 22.7. The van der Waals surface area contributed by atoms with Gasteiger partial charge in [-0.25, -0.2) is 4.98 Å². The van der Waals surface area contributed by atoms with E-state index in [4.69, 9.17) is 16.3 Å². The summed E-state index contributed by atoms with van der Waals surface area (Å²) in [5.74, 6) is 0.193. The first-order valence-electron chi connectivity index (χ1n) is 8.87. The number of hydrogen-bond acceptors (Lipinski definition) is 5. The SMILES string of the molecule is CN1C(=O)COC(C(=O)NCc2csc(C3CC3)n2)C1c1ccc(Cl)cc1. The zero-order valence-electron chi connectivity index (χ0n) is 14.9.